The predicted molar refractivity (Wildman–Crippen MR) is 95.0 cm³/mol. The first kappa shape index (κ1) is 15.8. The second kappa shape index (κ2) is 6.31. The number of hydrogen-bond acceptors (Lipinski definition) is 3. The standard InChI is InChI=1S/C20H21N3O2/c24-18(23-15-6-10-21-11-7-15)8-12-22-19(25)17-13-20(17)9-5-14-3-1-2-4-16(14)20/h1-4,6-7,10-11,17H,5,8-9,12-13H2,(H,22,25)(H,21,23,24)/t17-,20-/m1/s1. The van der Waals surface area contributed by atoms with Gasteiger partial charge >= 0.3 is 0 Å². The number of pyridine rings is 1. The van der Waals surface area contributed by atoms with Gasteiger partial charge in [-0.15, -0.1) is 0 Å². The molecule has 1 aromatic heterocycles. The van der Waals surface area contributed by atoms with Crippen molar-refractivity contribution in [2.75, 3.05) is 11.9 Å². The van der Waals surface area contributed by atoms with Crippen LogP contribution in [-0.2, 0) is 21.4 Å². The highest BCUT2D eigenvalue weighted by atomic mass is 16.2. The molecule has 1 aromatic carbocycles. The van der Waals surface area contributed by atoms with Gasteiger partial charge in [-0.25, -0.2) is 0 Å². The summed E-state index contributed by atoms with van der Waals surface area (Å²) in [5.74, 6) is 0.0241. The molecule has 0 bridgehead atoms. The van der Waals surface area contributed by atoms with Crippen LogP contribution in [0.2, 0.25) is 0 Å². The number of rotatable bonds is 5. The summed E-state index contributed by atoms with van der Waals surface area (Å²) in [5.41, 5.74) is 3.51. The molecule has 4 rings (SSSR count). The summed E-state index contributed by atoms with van der Waals surface area (Å²) in [4.78, 5) is 28.3. The lowest BCUT2D eigenvalue weighted by atomic mass is 9.95. The van der Waals surface area contributed by atoms with E-state index in [4.69, 9.17) is 0 Å². The maximum absolute atomic E-state index is 12.5. The fourth-order valence-electron chi connectivity index (χ4n) is 4.02. The van der Waals surface area contributed by atoms with Crippen molar-refractivity contribution in [1.82, 2.24) is 10.3 Å². The SMILES string of the molecule is O=C(CCNC(=O)[C@H]1C[C@@]12CCc1ccccc12)Nc1ccncc1. The first-order chi connectivity index (χ1) is 12.2. The molecule has 5 nitrogen and oxygen atoms in total. The number of aromatic nitrogens is 1. The van der Waals surface area contributed by atoms with Gasteiger partial charge in [-0.2, -0.15) is 0 Å². The van der Waals surface area contributed by atoms with Gasteiger partial charge in [-0.3, -0.25) is 14.6 Å². The Balaban J connectivity index is 1.26. The average Bonchev–Trinajstić information content (AvgIpc) is 3.25. The van der Waals surface area contributed by atoms with Gasteiger partial charge < -0.3 is 10.6 Å². The van der Waals surface area contributed by atoms with E-state index in [1.54, 1.807) is 24.5 Å². The van der Waals surface area contributed by atoms with Crippen LogP contribution in [0.15, 0.2) is 48.8 Å². The molecule has 5 heteroatoms. The van der Waals surface area contributed by atoms with Gasteiger partial charge in [0.1, 0.15) is 0 Å². The predicted octanol–water partition coefficient (Wildman–Crippen LogP) is 2.43. The van der Waals surface area contributed by atoms with Crippen molar-refractivity contribution in [3.8, 4) is 0 Å². The zero-order valence-corrected chi connectivity index (χ0v) is 14.0. The van der Waals surface area contributed by atoms with Crippen molar-refractivity contribution in [3.05, 3.63) is 59.9 Å². The Labute approximate surface area is 146 Å². The third-order valence-electron chi connectivity index (χ3n) is 5.40. The Morgan fingerprint density at radius 3 is 2.80 bits per heavy atom. The number of nitrogens with zero attached hydrogens (tertiary/aromatic N) is 1. The molecule has 2 aromatic rings. The number of aryl methyl sites for hydroxylation is 1. The minimum Gasteiger partial charge on any atom is -0.355 e. The van der Waals surface area contributed by atoms with Crippen LogP contribution in [0.3, 0.4) is 0 Å². The first-order valence-electron chi connectivity index (χ1n) is 8.75. The van der Waals surface area contributed by atoms with E-state index in [9.17, 15) is 9.59 Å². The molecule has 1 spiro atoms. The molecular formula is C20H21N3O2. The van der Waals surface area contributed by atoms with Crippen molar-refractivity contribution >= 4 is 17.5 Å². The monoisotopic (exact) mass is 335 g/mol. The van der Waals surface area contributed by atoms with Gasteiger partial charge in [-0.05, 0) is 42.5 Å². The molecule has 25 heavy (non-hydrogen) atoms. The van der Waals surface area contributed by atoms with Crippen molar-refractivity contribution in [2.24, 2.45) is 5.92 Å². The van der Waals surface area contributed by atoms with Gasteiger partial charge in [0.25, 0.3) is 0 Å². The average molecular weight is 335 g/mol. The number of amides is 2. The minimum atomic E-state index is -0.108. The third-order valence-corrected chi connectivity index (χ3v) is 5.40. The van der Waals surface area contributed by atoms with E-state index in [1.807, 2.05) is 0 Å². The summed E-state index contributed by atoms with van der Waals surface area (Å²) in [6, 6.07) is 11.9. The Morgan fingerprint density at radius 1 is 1.16 bits per heavy atom. The van der Waals surface area contributed by atoms with Gasteiger partial charge in [0.05, 0.1) is 0 Å². The van der Waals surface area contributed by atoms with Crippen molar-refractivity contribution in [3.63, 3.8) is 0 Å². The Bertz CT molecular complexity index is 806. The van der Waals surface area contributed by atoms with E-state index in [0.717, 1.165) is 24.9 Å². The zero-order chi connectivity index (χ0) is 17.3. The van der Waals surface area contributed by atoms with Crippen LogP contribution in [0.5, 0.6) is 0 Å². The summed E-state index contributed by atoms with van der Waals surface area (Å²) in [6.07, 6.45) is 6.58. The highest BCUT2D eigenvalue weighted by molar-refractivity contribution is 5.91. The molecule has 0 saturated heterocycles. The van der Waals surface area contributed by atoms with Crippen LogP contribution >= 0.6 is 0 Å². The lowest BCUT2D eigenvalue weighted by molar-refractivity contribution is -0.122. The van der Waals surface area contributed by atoms with Crippen LogP contribution in [0.25, 0.3) is 0 Å². The molecule has 1 heterocycles. The van der Waals surface area contributed by atoms with E-state index >= 15 is 0 Å². The second-order valence-corrected chi connectivity index (χ2v) is 6.90. The van der Waals surface area contributed by atoms with Crippen LogP contribution < -0.4 is 10.6 Å². The lowest BCUT2D eigenvalue weighted by Crippen LogP contribution is -2.31. The maximum Gasteiger partial charge on any atom is 0.226 e. The van der Waals surface area contributed by atoms with E-state index in [0.29, 0.717) is 6.54 Å². The topological polar surface area (TPSA) is 71.1 Å². The lowest BCUT2D eigenvalue weighted by Gasteiger charge is -2.12. The summed E-state index contributed by atoms with van der Waals surface area (Å²) in [6.45, 7) is 0.365. The third kappa shape index (κ3) is 3.02. The number of fused-ring (bicyclic) bond motifs is 2. The zero-order valence-electron chi connectivity index (χ0n) is 14.0. The number of hydrogen-bond donors (Lipinski definition) is 2. The molecule has 2 aliphatic carbocycles. The molecule has 2 N–H and O–H groups in total. The molecule has 2 amide bonds. The van der Waals surface area contributed by atoms with Crippen molar-refractivity contribution < 1.29 is 9.59 Å². The highest BCUT2D eigenvalue weighted by Gasteiger charge is 2.61. The number of nitrogens with one attached hydrogen (secondary N) is 2. The van der Waals surface area contributed by atoms with E-state index in [2.05, 4.69) is 39.9 Å². The fraction of sp³-hybridized carbons (Fsp3) is 0.350. The number of benzene rings is 1. The summed E-state index contributed by atoms with van der Waals surface area (Å²) in [7, 11) is 0. The van der Waals surface area contributed by atoms with Gasteiger partial charge in [-0.1, -0.05) is 24.3 Å². The Kier molecular flexibility index (Phi) is 3.99. The van der Waals surface area contributed by atoms with Crippen LogP contribution in [0.4, 0.5) is 5.69 Å². The minimum absolute atomic E-state index is 0.0550. The van der Waals surface area contributed by atoms with Gasteiger partial charge in [0.15, 0.2) is 0 Å². The van der Waals surface area contributed by atoms with Crippen LogP contribution in [0.1, 0.15) is 30.4 Å². The molecule has 2 atom stereocenters. The van der Waals surface area contributed by atoms with E-state index in [-0.39, 0.29) is 29.6 Å². The Morgan fingerprint density at radius 2 is 1.96 bits per heavy atom. The smallest absolute Gasteiger partial charge is 0.226 e. The molecule has 0 radical (unpaired) electrons. The number of anilines is 1. The van der Waals surface area contributed by atoms with Gasteiger partial charge in [0.2, 0.25) is 11.8 Å². The van der Waals surface area contributed by atoms with E-state index < -0.39 is 0 Å². The highest BCUT2D eigenvalue weighted by Crippen LogP contribution is 2.61. The molecule has 1 fully saturated rings. The molecule has 1 saturated carbocycles. The van der Waals surface area contributed by atoms with Crippen LogP contribution in [-0.4, -0.2) is 23.3 Å². The molecule has 128 valence electrons. The van der Waals surface area contributed by atoms with Crippen molar-refractivity contribution in [2.45, 2.75) is 31.1 Å². The largest absolute Gasteiger partial charge is 0.355 e. The first-order valence-corrected chi connectivity index (χ1v) is 8.75. The fourth-order valence-corrected chi connectivity index (χ4v) is 4.02. The van der Waals surface area contributed by atoms with E-state index in [1.165, 1.54) is 11.1 Å². The maximum atomic E-state index is 12.5. The molecule has 0 unspecified atom stereocenters. The molecular weight excluding hydrogens is 314 g/mol. The van der Waals surface area contributed by atoms with Crippen LogP contribution in [0, 0.1) is 5.92 Å². The second-order valence-electron chi connectivity index (χ2n) is 6.90. The van der Waals surface area contributed by atoms with Crippen molar-refractivity contribution in [1.29, 1.82) is 0 Å². The Hall–Kier alpha value is -2.69. The normalized spacial score (nSPS) is 23.1. The molecule has 0 aliphatic heterocycles. The summed E-state index contributed by atoms with van der Waals surface area (Å²) >= 11 is 0. The quantitative estimate of drug-likeness (QED) is 0.881. The summed E-state index contributed by atoms with van der Waals surface area (Å²) < 4.78 is 0. The number of carbonyl (C=O) groups excluding carboxylic acids is 2. The molecule has 2 aliphatic rings. The number of carbonyl (C=O) groups is 2. The van der Waals surface area contributed by atoms with Gasteiger partial charge in [0, 0.05) is 42.4 Å². The summed E-state index contributed by atoms with van der Waals surface area (Å²) in [5, 5.41) is 5.72.